The second kappa shape index (κ2) is 12.3. The Kier molecular flexibility index (Phi) is 6.98. The van der Waals surface area contributed by atoms with Crippen molar-refractivity contribution in [2.24, 2.45) is 0 Å². The molecular weight excluding hydrogens is 705 g/mol. The van der Waals surface area contributed by atoms with Gasteiger partial charge in [0.2, 0.25) is 0 Å². The van der Waals surface area contributed by atoms with Gasteiger partial charge >= 0.3 is 0 Å². The third-order valence-electron chi connectivity index (χ3n) is 12.5. The van der Waals surface area contributed by atoms with Crippen LogP contribution in [0.15, 0.2) is 199 Å². The van der Waals surface area contributed by atoms with Crippen LogP contribution < -0.4 is 4.90 Å². The van der Waals surface area contributed by atoms with Crippen molar-refractivity contribution in [3.05, 3.63) is 205 Å². The van der Waals surface area contributed by atoms with Crippen LogP contribution in [-0.4, -0.2) is 4.57 Å². The molecule has 2 aromatic heterocycles. The fraction of sp³-hybridized carbons (Fsp3) is 0.0545. The summed E-state index contributed by atoms with van der Waals surface area (Å²) in [7, 11) is 0. The maximum atomic E-state index is 6.18. The highest BCUT2D eigenvalue weighted by atomic mass is 16.3. The second-order valence-electron chi connectivity index (χ2n) is 16.2. The lowest BCUT2D eigenvalue weighted by atomic mass is 9.82. The number of benzene rings is 9. The minimum absolute atomic E-state index is 0.117. The monoisotopic (exact) mass is 742 g/mol. The first-order valence-electron chi connectivity index (χ1n) is 20.1. The first-order valence-corrected chi connectivity index (χ1v) is 20.1. The van der Waals surface area contributed by atoms with Gasteiger partial charge in [-0.2, -0.15) is 0 Å². The summed E-state index contributed by atoms with van der Waals surface area (Å²) >= 11 is 0. The normalized spacial score (nSPS) is 13.1. The zero-order valence-electron chi connectivity index (χ0n) is 32.3. The largest absolute Gasteiger partial charge is 0.456 e. The van der Waals surface area contributed by atoms with Crippen LogP contribution in [-0.2, 0) is 5.41 Å². The molecular formula is C55H38N2O. The Labute approximate surface area is 336 Å². The number of furan rings is 1. The van der Waals surface area contributed by atoms with Crippen molar-refractivity contribution in [1.82, 2.24) is 4.57 Å². The van der Waals surface area contributed by atoms with Crippen molar-refractivity contribution in [3.63, 3.8) is 0 Å². The Morgan fingerprint density at radius 1 is 0.414 bits per heavy atom. The van der Waals surface area contributed by atoms with Gasteiger partial charge in [0.05, 0.1) is 11.0 Å². The predicted octanol–water partition coefficient (Wildman–Crippen LogP) is 15.3. The van der Waals surface area contributed by atoms with E-state index >= 15 is 0 Å². The number of nitrogens with zero attached hydrogens (tertiary/aromatic N) is 2. The minimum Gasteiger partial charge on any atom is -0.456 e. The Balaban J connectivity index is 1.07. The van der Waals surface area contributed by atoms with Crippen LogP contribution in [0.3, 0.4) is 0 Å². The van der Waals surface area contributed by atoms with E-state index < -0.39 is 0 Å². The van der Waals surface area contributed by atoms with Gasteiger partial charge in [0.15, 0.2) is 0 Å². The van der Waals surface area contributed by atoms with Gasteiger partial charge in [-0.1, -0.05) is 129 Å². The Bertz CT molecular complexity index is 3440. The summed E-state index contributed by atoms with van der Waals surface area (Å²) in [5.74, 6) is 0. The van der Waals surface area contributed by atoms with E-state index in [1.807, 2.05) is 12.1 Å². The molecule has 0 bridgehead atoms. The molecule has 0 amide bonds. The summed E-state index contributed by atoms with van der Waals surface area (Å²) in [6, 6.07) is 70.9. The number of hydrogen-bond donors (Lipinski definition) is 0. The number of hydrogen-bond acceptors (Lipinski definition) is 2. The molecule has 1 aliphatic rings. The molecule has 0 fully saturated rings. The molecule has 274 valence electrons. The van der Waals surface area contributed by atoms with E-state index in [-0.39, 0.29) is 5.41 Å². The molecule has 58 heavy (non-hydrogen) atoms. The van der Waals surface area contributed by atoms with Crippen LogP contribution in [0.1, 0.15) is 25.0 Å². The number of rotatable bonds is 5. The molecule has 3 heteroatoms. The maximum Gasteiger partial charge on any atom is 0.135 e. The summed E-state index contributed by atoms with van der Waals surface area (Å²) in [5.41, 5.74) is 16.3. The van der Waals surface area contributed by atoms with Crippen LogP contribution in [0, 0.1) is 0 Å². The first-order chi connectivity index (χ1) is 28.5. The van der Waals surface area contributed by atoms with E-state index in [0.29, 0.717) is 0 Å². The zero-order valence-corrected chi connectivity index (χ0v) is 32.3. The number of para-hydroxylation sites is 2. The van der Waals surface area contributed by atoms with Gasteiger partial charge in [0, 0.05) is 49.7 Å². The van der Waals surface area contributed by atoms with Crippen LogP contribution >= 0.6 is 0 Å². The van der Waals surface area contributed by atoms with Crippen molar-refractivity contribution in [3.8, 4) is 27.9 Å². The number of anilines is 3. The SMILES string of the molecule is CC1(C)c2ccccc2-c2ccc(N(c3ccc4ccccc4c3)c3ccc4c5cc(-c6ccc7oc8ccccc8c7c6)ccc5n(-c5ccccc5)c4c3)cc21. The molecule has 9 aromatic carbocycles. The molecule has 0 N–H and O–H groups in total. The van der Waals surface area contributed by atoms with E-state index in [4.69, 9.17) is 4.42 Å². The van der Waals surface area contributed by atoms with Gasteiger partial charge in [-0.05, 0) is 123 Å². The van der Waals surface area contributed by atoms with Crippen LogP contribution in [0.4, 0.5) is 17.1 Å². The molecule has 0 spiro atoms. The van der Waals surface area contributed by atoms with E-state index in [1.54, 1.807) is 0 Å². The van der Waals surface area contributed by atoms with E-state index in [2.05, 4.69) is 205 Å². The first kappa shape index (κ1) is 32.8. The molecule has 0 radical (unpaired) electrons. The highest BCUT2D eigenvalue weighted by Crippen LogP contribution is 2.51. The van der Waals surface area contributed by atoms with Crippen molar-refractivity contribution in [2.45, 2.75) is 19.3 Å². The van der Waals surface area contributed by atoms with Gasteiger partial charge in [0.25, 0.3) is 0 Å². The molecule has 11 aromatic rings. The number of aromatic nitrogens is 1. The maximum absolute atomic E-state index is 6.18. The Morgan fingerprint density at radius 3 is 1.97 bits per heavy atom. The quantitative estimate of drug-likeness (QED) is 0.175. The molecule has 1 aliphatic carbocycles. The van der Waals surface area contributed by atoms with Gasteiger partial charge in [0.1, 0.15) is 11.2 Å². The lowest BCUT2D eigenvalue weighted by Gasteiger charge is -2.28. The van der Waals surface area contributed by atoms with Crippen molar-refractivity contribution >= 4 is 71.6 Å². The van der Waals surface area contributed by atoms with Gasteiger partial charge in [-0.3, -0.25) is 0 Å². The predicted molar refractivity (Wildman–Crippen MR) is 243 cm³/mol. The fourth-order valence-corrected chi connectivity index (χ4v) is 9.68. The molecule has 2 heterocycles. The highest BCUT2D eigenvalue weighted by Gasteiger charge is 2.35. The molecule has 0 saturated heterocycles. The Hall–Kier alpha value is -7.36. The summed E-state index contributed by atoms with van der Waals surface area (Å²) in [4.78, 5) is 2.44. The van der Waals surface area contributed by atoms with E-state index in [9.17, 15) is 0 Å². The van der Waals surface area contributed by atoms with Gasteiger partial charge in [-0.25, -0.2) is 0 Å². The zero-order chi connectivity index (χ0) is 38.5. The van der Waals surface area contributed by atoms with Crippen molar-refractivity contribution in [2.75, 3.05) is 4.90 Å². The fourth-order valence-electron chi connectivity index (χ4n) is 9.68. The van der Waals surface area contributed by atoms with E-state index in [0.717, 1.165) is 50.2 Å². The number of fused-ring (bicyclic) bond motifs is 10. The molecule has 0 aliphatic heterocycles. The third kappa shape index (κ3) is 4.86. The average Bonchev–Trinajstić information content (AvgIpc) is 3.88. The third-order valence-corrected chi connectivity index (χ3v) is 12.5. The topological polar surface area (TPSA) is 21.3 Å². The molecule has 3 nitrogen and oxygen atoms in total. The van der Waals surface area contributed by atoms with Crippen LogP contribution in [0.5, 0.6) is 0 Å². The summed E-state index contributed by atoms with van der Waals surface area (Å²) in [5, 5.41) is 7.15. The smallest absolute Gasteiger partial charge is 0.135 e. The lowest BCUT2D eigenvalue weighted by molar-refractivity contribution is 0.660. The molecule has 0 unspecified atom stereocenters. The lowest BCUT2D eigenvalue weighted by Crippen LogP contribution is -2.16. The van der Waals surface area contributed by atoms with Crippen molar-refractivity contribution in [1.29, 1.82) is 0 Å². The standard InChI is InChI=1S/C55H38N2O/c1-55(2)49-18-10-8-16-43(49)44-26-24-41(33-50(44)55)56(40-23-20-35-12-6-7-13-36(35)30-40)42-25-27-45-47-31-37(21-28-51(47)57(52(45)34-42)39-14-4-3-5-15-39)38-22-29-54-48(32-38)46-17-9-11-19-53(46)58-54/h3-34H,1-2H3. The summed E-state index contributed by atoms with van der Waals surface area (Å²) in [6.07, 6.45) is 0. The van der Waals surface area contributed by atoms with Gasteiger partial charge < -0.3 is 13.9 Å². The van der Waals surface area contributed by atoms with Gasteiger partial charge in [-0.15, -0.1) is 0 Å². The average molecular weight is 743 g/mol. The van der Waals surface area contributed by atoms with Crippen LogP contribution in [0.2, 0.25) is 0 Å². The Morgan fingerprint density at radius 2 is 1.07 bits per heavy atom. The molecule has 0 saturated carbocycles. The summed E-state index contributed by atoms with van der Waals surface area (Å²) < 4.78 is 8.60. The minimum atomic E-state index is -0.117. The molecule has 0 atom stereocenters. The molecule has 12 rings (SSSR count). The van der Waals surface area contributed by atoms with E-state index in [1.165, 1.54) is 60.4 Å². The van der Waals surface area contributed by atoms with Crippen LogP contribution in [0.25, 0.3) is 82.5 Å². The van der Waals surface area contributed by atoms with Crippen molar-refractivity contribution < 1.29 is 4.42 Å². The second-order valence-corrected chi connectivity index (χ2v) is 16.2. The summed E-state index contributed by atoms with van der Waals surface area (Å²) in [6.45, 7) is 4.71. The highest BCUT2D eigenvalue weighted by molar-refractivity contribution is 6.12.